The highest BCUT2D eigenvalue weighted by atomic mass is 31.1. The van der Waals surface area contributed by atoms with Gasteiger partial charge in [-0.25, -0.2) is 0 Å². The molecule has 0 radical (unpaired) electrons. The monoisotopic (exact) mass is 542 g/mol. The summed E-state index contributed by atoms with van der Waals surface area (Å²) >= 11 is 0. The van der Waals surface area contributed by atoms with Gasteiger partial charge < -0.3 is 0 Å². The van der Waals surface area contributed by atoms with Gasteiger partial charge in [-0.15, -0.1) is 0 Å². The van der Waals surface area contributed by atoms with Crippen LogP contribution in [0.3, 0.4) is 0 Å². The number of aromatic nitrogens is 4. The standard InChI is InChI=1S/C32H40N4P2/c1-31(2,3)37(23-25-13-11-17-29(35-25)27-15-7-9-19-33-27)21-22-38(32(4,5)6)24-26-14-12-18-30(36-26)28-16-8-10-20-34-28/h7-20H,21-24H2,1-6H3. The van der Waals surface area contributed by atoms with Crippen molar-refractivity contribution in [2.75, 3.05) is 12.3 Å². The molecule has 4 aromatic heterocycles. The first-order valence-electron chi connectivity index (χ1n) is 13.3. The van der Waals surface area contributed by atoms with Crippen LogP contribution in [0.15, 0.2) is 85.2 Å². The Morgan fingerprint density at radius 1 is 0.500 bits per heavy atom. The topological polar surface area (TPSA) is 51.6 Å². The van der Waals surface area contributed by atoms with Crippen LogP contribution in [0.25, 0.3) is 22.8 Å². The normalized spacial score (nSPS) is 13.7. The lowest BCUT2D eigenvalue weighted by molar-refractivity contribution is 0.769. The van der Waals surface area contributed by atoms with Gasteiger partial charge in [-0.05, 0) is 71.2 Å². The van der Waals surface area contributed by atoms with Crippen molar-refractivity contribution in [1.29, 1.82) is 0 Å². The molecule has 0 aliphatic rings. The molecule has 198 valence electrons. The molecular weight excluding hydrogens is 502 g/mol. The minimum Gasteiger partial charge on any atom is -0.255 e. The third-order valence-electron chi connectivity index (χ3n) is 6.71. The average molecular weight is 543 g/mol. The van der Waals surface area contributed by atoms with E-state index in [1.54, 1.807) is 0 Å². The van der Waals surface area contributed by atoms with E-state index in [9.17, 15) is 0 Å². The van der Waals surface area contributed by atoms with E-state index in [-0.39, 0.29) is 26.2 Å². The van der Waals surface area contributed by atoms with Crippen molar-refractivity contribution in [2.24, 2.45) is 0 Å². The summed E-state index contributed by atoms with van der Waals surface area (Å²) in [5.41, 5.74) is 6.15. The van der Waals surface area contributed by atoms with Gasteiger partial charge in [0.05, 0.1) is 22.8 Å². The van der Waals surface area contributed by atoms with Gasteiger partial charge >= 0.3 is 0 Å². The average Bonchev–Trinajstić information content (AvgIpc) is 2.90. The Morgan fingerprint density at radius 2 is 0.895 bits per heavy atom. The van der Waals surface area contributed by atoms with Crippen LogP contribution in [-0.2, 0) is 12.3 Å². The minimum atomic E-state index is -0.253. The molecule has 2 unspecified atom stereocenters. The van der Waals surface area contributed by atoms with E-state index in [0.717, 1.165) is 35.1 Å². The van der Waals surface area contributed by atoms with Gasteiger partial charge in [-0.1, -0.05) is 81.7 Å². The summed E-state index contributed by atoms with van der Waals surface area (Å²) in [5, 5.41) is 0.516. The summed E-state index contributed by atoms with van der Waals surface area (Å²) in [5.74, 6) is 0. The van der Waals surface area contributed by atoms with Gasteiger partial charge in [0.1, 0.15) is 0 Å². The lowest BCUT2D eigenvalue weighted by Gasteiger charge is -2.36. The predicted molar refractivity (Wildman–Crippen MR) is 165 cm³/mol. The number of hydrogen-bond donors (Lipinski definition) is 0. The molecule has 6 heteroatoms. The van der Waals surface area contributed by atoms with Crippen molar-refractivity contribution in [1.82, 2.24) is 19.9 Å². The van der Waals surface area contributed by atoms with Crippen LogP contribution >= 0.6 is 15.8 Å². The molecular formula is C32H40N4P2. The van der Waals surface area contributed by atoms with Crippen molar-refractivity contribution in [3.05, 3.63) is 96.6 Å². The van der Waals surface area contributed by atoms with E-state index < -0.39 is 0 Å². The number of pyridine rings is 4. The van der Waals surface area contributed by atoms with E-state index >= 15 is 0 Å². The lowest BCUT2D eigenvalue weighted by atomic mass is 10.2. The molecule has 0 saturated heterocycles. The summed E-state index contributed by atoms with van der Waals surface area (Å²) in [6.07, 6.45) is 8.25. The Hall–Kier alpha value is -2.54. The highest BCUT2D eigenvalue weighted by Gasteiger charge is 2.29. The minimum absolute atomic E-state index is 0.253. The molecule has 0 aliphatic heterocycles. The highest BCUT2D eigenvalue weighted by molar-refractivity contribution is 7.62. The third-order valence-corrected chi connectivity index (χ3v) is 13.8. The van der Waals surface area contributed by atoms with Crippen molar-refractivity contribution in [3.63, 3.8) is 0 Å². The van der Waals surface area contributed by atoms with Gasteiger partial charge in [0.15, 0.2) is 0 Å². The SMILES string of the molecule is CC(C)(C)P(CCP(Cc1cccc(-c2ccccn2)n1)C(C)(C)C)Cc1cccc(-c2ccccn2)n1. The maximum Gasteiger partial charge on any atom is 0.0889 e. The van der Waals surface area contributed by atoms with Crippen LogP contribution in [-0.4, -0.2) is 42.6 Å². The fourth-order valence-electron chi connectivity index (χ4n) is 4.38. The molecule has 0 amide bonds. The molecule has 38 heavy (non-hydrogen) atoms. The zero-order chi connectivity index (χ0) is 27.2. The molecule has 4 aromatic rings. The number of rotatable bonds is 9. The largest absolute Gasteiger partial charge is 0.255 e. The third kappa shape index (κ3) is 7.98. The quantitative estimate of drug-likeness (QED) is 0.198. The fraction of sp³-hybridized carbons (Fsp3) is 0.375. The Labute approximate surface area is 231 Å². The molecule has 0 saturated carbocycles. The fourth-order valence-corrected chi connectivity index (χ4v) is 10.1. The lowest BCUT2D eigenvalue weighted by Crippen LogP contribution is -2.20. The zero-order valence-electron chi connectivity index (χ0n) is 23.6. The predicted octanol–water partition coefficient (Wildman–Crippen LogP) is 8.86. The summed E-state index contributed by atoms with van der Waals surface area (Å²) in [7, 11) is -0.506. The van der Waals surface area contributed by atoms with Crippen molar-refractivity contribution < 1.29 is 0 Å². The van der Waals surface area contributed by atoms with Crippen LogP contribution in [0.1, 0.15) is 52.9 Å². The molecule has 4 heterocycles. The maximum atomic E-state index is 5.02. The van der Waals surface area contributed by atoms with Gasteiger partial charge in [0.2, 0.25) is 0 Å². The van der Waals surface area contributed by atoms with Gasteiger partial charge in [-0.2, -0.15) is 0 Å². The second-order valence-corrected chi connectivity index (χ2v) is 18.0. The summed E-state index contributed by atoms with van der Waals surface area (Å²) < 4.78 is 0. The van der Waals surface area contributed by atoms with Gasteiger partial charge in [0, 0.05) is 36.1 Å². The zero-order valence-corrected chi connectivity index (χ0v) is 25.4. The van der Waals surface area contributed by atoms with E-state index in [4.69, 9.17) is 9.97 Å². The summed E-state index contributed by atoms with van der Waals surface area (Å²) in [4.78, 5) is 19.1. The van der Waals surface area contributed by atoms with E-state index in [1.807, 2.05) is 48.8 Å². The van der Waals surface area contributed by atoms with E-state index in [1.165, 1.54) is 23.7 Å². The Balaban J connectivity index is 1.49. The van der Waals surface area contributed by atoms with Gasteiger partial charge in [0.25, 0.3) is 0 Å². The molecule has 4 nitrogen and oxygen atoms in total. The van der Waals surface area contributed by atoms with Crippen molar-refractivity contribution >= 4 is 15.8 Å². The van der Waals surface area contributed by atoms with E-state index in [0.29, 0.717) is 0 Å². The Bertz CT molecular complexity index is 1200. The molecule has 4 rings (SSSR count). The summed E-state index contributed by atoms with van der Waals surface area (Å²) in [6.45, 7) is 14.4. The molecule has 0 N–H and O–H groups in total. The Morgan fingerprint density at radius 3 is 1.24 bits per heavy atom. The summed E-state index contributed by atoms with van der Waals surface area (Å²) in [6, 6.07) is 24.8. The van der Waals surface area contributed by atoms with Gasteiger partial charge in [-0.3, -0.25) is 19.9 Å². The van der Waals surface area contributed by atoms with Crippen LogP contribution in [0.5, 0.6) is 0 Å². The molecule has 0 aliphatic carbocycles. The molecule has 0 spiro atoms. The second-order valence-electron chi connectivity index (χ2n) is 11.6. The highest BCUT2D eigenvalue weighted by Crippen LogP contribution is 2.58. The maximum absolute atomic E-state index is 5.02. The van der Waals surface area contributed by atoms with Crippen LogP contribution in [0.2, 0.25) is 0 Å². The van der Waals surface area contributed by atoms with E-state index in [2.05, 4.69) is 87.9 Å². The molecule has 2 atom stereocenters. The van der Waals surface area contributed by atoms with Crippen molar-refractivity contribution in [2.45, 2.75) is 64.2 Å². The van der Waals surface area contributed by atoms with Crippen LogP contribution in [0.4, 0.5) is 0 Å². The molecule has 0 fully saturated rings. The Kier molecular flexibility index (Phi) is 9.40. The first kappa shape index (κ1) is 28.5. The first-order chi connectivity index (χ1) is 18.1. The number of hydrogen-bond acceptors (Lipinski definition) is 4. The second kappa shape index (κ2) is 12.5. The molecule has 0 aromatic carbocycles. The smallest absolute Gasteiger partial charge is 0.0889 e. The van der Waals surface area contributed by atoms with Crippen molar-refractivity contribution in [3.8, 4) is 22.8 Å². The molecule has 0 bridgehead atoms. The number of nitrogens with zero attached hydrogens (tertiary/aromatic N) is 4. The van der Waals surface area contributed by atoms with Crippen LogP contribution < -0.4 is 0 Å². The first-order valence-corrected chi connectivity index (χ1v) is 16.8. The van der Waals surface area contributed by atoms with Crippen LogP contribution in [0, 0.1) is 0 Å².